The number of carbonyl (C=O) groups excluding carboxylic acids is 1. The van der Waals surface area contributed by atoms with E-state index in [-0.39, 0.29) is 12.3 Å². The molecular weight excluding hydrogens is 408 g/mol. The van der Waals surface area contributed by atoms with E-state index in [0.29, 0.717) is 11.6 Å². The molecule has 0 aliphatic carbocycles. The summed E-state index contributed by atoms with van der Waals surface area (Å²) < 4.78 is 2.01. The van der Waals surface area contributed by atoms with Crippen LogP contribution in [0, 0.1) is 0 Å². The van der Waals surface area contributed by atoms with Crippen LogP contribution in [-0.2, 0) is 11.3 Å². The van der Waals surface area contributed by atoms with E-state index in [0.717, 1.165) is 28.1 Å². The van der Waals surface area contributed by atoms with Crippen LogP contribution >= 0.6 is 11.6 Å². The predicted molar refractivity (Wildman–Crippen MR) is 125 cm³/mol. The van der Waals surface area contributed by atoms with Crippen molar-refractivity contribution >= 4 is 23.7 Å². The van der Waals surface area contributed by atoms with Crippen LogP contribution in [-0.4, -0.2) is 21.7 Å². The zero-order valence-corrected chi connectivity index (χ0v) is 17.5. The number of rotatable bonds is 7. The molecule has 1 amide bonds. The molecule has 0 saturated carbocycles. The number of carbonyl (C=O) groups is 1. The number of amides is 1. The van der Waals surface area contributed by atoms with Crippen LogP contribution in [0.15, 0.2) is 96.4 Å². The van der Waals surface area contributed by atoms with Gasteiger partial charge in [0.25, 0.3) is 0 Å². The van der Waals surface area contributed by atoms with Crippen LogP contribution in [0.3, 0.4) is 0 Å². The first-order valence-corrected chi connectivity index (χ1v) is 10.3. The predicted octanol–water partition coefficient (Wildman–Crippen LogP) is 5.41. The monoisotopic (exact) mass is 428 g/mol. The number of hydrogen-bond acceptors (Lipinski definition) is 3. The minimum atomic E-state index is -0.167. The van der Waals surface area contributed by atoms with Gasteiger partial charge in [0.1, 0.15) is 0 Å². The first-order chi connectivity index (χ1) is 15.2. The fourth-order valence-corrected chi connectivity index (χ4v) is 3.39. The van der Waals surface area contributed by atoms with Crippen LogP contribution in [0.1, 0.15) is 12.0 Å². The summed E-state index contributed by atoms with van der Waals surface area (Å²) in [7, 11) is 0. The Morgan fingerprint density at radius 1 is 0.935 bits per heavy atom. The minimum absolute atomic E-state index is 0.167. The zero-order chi connectivity index (χ0) is 21.5. The molecule has 0 bridgehead atoms. The van der Waals surface area contributed by atoms with Gasteiger partial charge < -0.3 is 4.57 Å². The van der Waals surface area contributed by atoms with Crippen molar-refractivity contribution in [3.05, 3.63) is 102 Å². The molecule has 154 valence electrons. The lowest BCUT2D eigenvalue weighted by Crippen LogP contribution is -2.19. The van der Waals surface area contributed by atoms with E-state index in [9.17, 15) is 4.79 Å². The van der Waals surface area contributed by atoms with Crippen LogP contribution in [0.4, 0.5) is 0 Å². The Bertz CT molecular complexity index is 1170. The molecule has 0 aliphatic rings. The van der Waals surface area contributed by atoms with Gasteiger partial charge in [0.05, 0.1) is 23.9 Å². The van der Waals surface area contributed by atoms with Crippen molar-refractivity contribution in [1.29, 1.82) is 0 Å². The van der Waals surface area contributed by atoms with Gasteiger partial charge in [-0.1, -0.05) is 84.4 Å². The Morgan fingerprint density at radius 3 is 2.26 bits per heavy atom. The van der Waals surface area contributed by atoms with Crippen molar-refractivity contribution in [3.63, 3.8) is 0 Å². The number of hydrogen-bond donors (Lipinski definition) is 1. The number of imidazole rings is 1. The Labute approximate surface area is 186 Å². The molecule has 5 nitrogen and oxygen atoms in total. The van der Waals surface area contributed by atoms with Crippen LogP contribution in [0.2, 0.25) is 5.02 Å². The smallest absolute Gasteiger partial charge is 0.241 e. The lowest BCUT2D eigenvalue weighted by molar-refractivity contribution is -0.121. The molecule has 0 fully saturated rings. The Kier molecular flexibility index (Phi) is 6.55. The van der Waals surface area contributed by atoms with Gasteiger partial charge in [-0.2, -0.15) is 5.10 Å². The summed E-state index contributed by atoms with van der Waals surface area (Å²) in [6, 6.07) is 27.4. The van der Waals surface area contributed by atoms with Gasteiger partial charge in [0, 0.05) is 29.1 Å². The average molecular weight is 429 g/mol. The van der Waals surface area contributed by atoms with Crippen LogP contribution in [0.5, 0.6) is 0 Å². The van der Waals surface area contributed by atoms with Gasteiger partial charge in [0.2, 0.25) is 5.91 Å². The van der Waals surface area contributed by atoms with E-state index in [1.807, 2.05) is 65.2 Å². The topological polar surface area (TPSA) is 59.3 Å². The number of aryl methyl sites for hydroxylation is 1. The summed E-state index contributed by atoms with van der Waals surface area (Å²) >= 11 is 5.87. The summed E-state index contributed by atoms with van der Waals surface area (Å²) in [4.78, 5) is 16.9. The molecule has 3 aromatic carbocycles. The second kappa shape index (κ2) is 9.87. The molecule has 1 heterocycles. The largest absolute Gasteiger partial charge is 0.330 e. The number of halogens is 1. The van der Waals surface area contributed by atoms with Crippen molar-refractivity contribution in [3.8, 4) is 22.5 Å². The number of nitrogens with zero attached hydrogens (tertiary/aromatic N) is 3. The van der Waals surface area contributed by atoms with E-state index in [1.54, 1.807) is 24.7 Å². The van der Waals surface area contributed by atoms with Crippen molar-refractivity contribution in [2.45, 2.75) is 13.0 Å². The summed E-state index contributed by atoms with van der Waals surface area (Å²) in [6.45, 7) is 0.492. The third-order valence-electron chi connectivity index (χ3n) is 4.78. The third kappa shape index (κ3) is 5.27. The molecule has 1 aromatic heterocycles. The molecule has 0 unspecified atom stereocenters. The molecule has 0 spiro atoms. The SMILES string of the molecule is O=C(CCn1cnc(-c2ccccc2)c1-c1ccccc1)N/N=C\c1ccc(Cl)cc1. The van der Waals surface area contributed by atoms with E-state index in [2.05, 4.69) is 27.6 Å². The number of hydrazone groups is 1. The fraction of sp³-hybridized carbons (Fsp3) is 0.0800. The van der Waals surface area contributed by atoms with Gasteiger partial charge in [-0.25, -0.2) is 10.4 Å². The zero-order valence-electron chi connectivity index (χ0n) is 16.8. The van der Waals surface area contributed by atoms with Crippen molar-refractivity contribution < 1.29 is 4.79 Å². The third-order valence-corrected chi connectivity index (χ3v) is 5.04. The lowest BCUT2D eigenvalue weighted by atomic mass is 10.0. The Morgan fingerprint density at radius 2 is 1.58 bits per heavy atom. The lowest BCUT2D eigenvalue weighted by Gasteiger charge is -2.10. The molecule has 6 heteroatoms. The molecule has 4 aromatic rings. The number of nitrogens with one attached hydrogen (secondary N) is 1. The summed E-state index contributed by atoms with van der Waals surface area (Å²) in [5, 5.41) is 4.68. The highest BCUT2D eigenvalue weighted by Crippen LogP contribution is 2.31. The maximum atomic E-state index is 12.3. The second-order valence-corrected chi connectivity index (χ2v) is 7.40. The standard InChI is InChI=1S/C25H21ClN4O/c26-22-13-11-19(12-14-22)17-28-29-23(31)15-16-30-18-27-24(20-7-3-1-4-8-20)25(30)21-9-5-2-6-10-21/h1-14,17-18H,15-16H2,(H,29,31)/b28-17-. The summed E-state index contributed by atoms with van der Waals surface area (Å²) in [5.41, 5.74) is 7.42. The van der Waals surface area contributed by atoms with Gasteiger partial charge in [-0.05, 0) is 17.7 Å². The quantitative estimate of drug-likeness (QED) is 0.316. The highest BCUT2D eigenvalue weighted by molar-refractivity contribution is 6.30. The van der Waals surface area contributed by atoms with Crippen LogP contribution in [0.25, 0.3) is 22.5 Å². The van der Waals surface area contributed by atoms with E-state index < -0.39 is 0 Å². The molecule has 0 atom stereocenters. The molecular formula is C25H21ClN4O. The first kappa shape index (κ1) is 20.6. The van der Waals surface area contributed by atoms with Crippen molar-refractivity contribution in [1.82, 2.24) is 15.0 Å². The van der Waals surface area contributed by atoms with Gasteiger partial charge in [-0.3, -0.25) is 4.79 Å². The van der Waals surface area contributed by atoms with Crippen molar-refractivity contribution in [2.75, 3.05) is 0 Å². The second-order valence-electron chi connectivity index (χ2n) is 6.96. The number of benzene rings is 3. The Balaban J connectivity index is 1.47. The average Bonchev–Trinajstić information content (AvgIpc) is 3.24. The van der Waals surface area contributed by atoms with E-state index >= 15 is 0 Å². The molecule has 0 radical (unpaired) electrons. The number of aromatic nitrogens is 2. The van der Waals surface area contributed by atoms with Gasteiger partial charge in [-0.15, -0.1) is 0 Å². The Hall–Kier alpha value is -3.70. The van der Waals surface area contributed by atoms with E-state index in [1.165, 1.54) is 0 Å². The fourth-order valence-electron chi connectivity index (χ4n) is 3.26. The maximum Gasteiger partial charge on any atom is 0.241 e. The molecule has 0 aliphatic heterocycles. The molecule has 31 heavy (non-hydrogen) atoms. The van der Waals surface area contributed by atoms with Gasteiger partial charge in [0.15, 0.2) is 0 Å². The van der Waals surface area contributed by atoms with Gasteiger partial charge >= 0.3 is 0 Å². The minimum Gasteiger partial charge on any atom is -0.330 e. The molecule has 1 N–H and O–H groups in total. The first-order valence-electron chi connectivity index (χ1n) is 9.94. The molecule has 0 saturated heterocycles. The summed E-state index contributed by atoms with van der Waals surface area (Å²) in [6.07, 6.45) is 3.66. The highest BCUT2D eigenvalue weighted by Gasteiger charge is 2.15. The summed E-state index contributed by atoms with van der Waals surface area (Å²) in [5.74, 6) is -0.167. The normalized spacial score (nSPS) is 11.0. The highest BCUT2D eigenvalue weighted by atomic mass is 35.5. The molecule has 4 rings (SSSR count). The van der Waals surface area contributed by atoms with Crippen LogP contribution < -0.4 is 5.43 Å². The van der Waals surface area contributed by atoms with Crippen molar-refractivity contribution in [2.24, 2.45) is 5.10 Å². The van der Waals surface area contributed by atoms with E-state index in [4.69, 9.17) is 11.6 Å². The maximum absolute atomic E-state index is 12.3.